The first kappa shape index (κ1) is 21.7. The van der Waals surface area contributed by atoms with Gasteiger partial charge >= 0.3 is 5.97 Å². The largest absolute Gasteiger partial charge is 0.455 e. The molecule has 0 spiro atoms. The van der Waals surface area contributed by atoms with E-state index < -0.39 is 5.97 Å². The molecule has 3 heterocycles. The minimum atomic E-state index is -0.422. The molecule has 3 aromatic rings. The molecule has 1 aliphatic rings. The Balaban J connectivity index is 1.18. The van der Waals surface area contributed by atoms with Crippen LogP contribution < -0.4 is 0 Å². The quantitative estimate of drug-likeness (QED) is 0.510. The average Bonchev–Trinajstić information content (AvgIpc) is 3.45. The second-order valence-electron chi connectivity index (χ2n) is 7.60. The van der Waals surface area contributed by atoms with Crippen LogP contribution in [0.15, 0.2) is 47.2 Å². The molecule has 0 bridgehead atoms. The molecule has 6 nitrogen and oxygen atoms in total. The third-order valence-electron chi connectivity index (χ3n) is 5.18. The Labute approximate surface area is 190 Å². The normalized spacial score (nSPS) is 14.5. The smallest absolute Gasteiger partial charge is 0.312 e. The van der Waals surface area contributed by atoms with Crippen LogP contribution in [0.1, 0.15) is 16.8 Å². The first-order chi connectivity index (χ1) is 15.1. The standard InChI is InChI=1S/C23H25N3O3S2/c1-17-4-2-5-18(12-17)14-25-7-9-26(10-8-25)21(27)15-29-22(28)13-19-16-31-23(24-19)20-6-3-11-30-20/h2-6,11-12,16H,7-10,13-15H2,1H3. The third-order valence-corrected chi connectivity index (χ3v) is 7.11. The Morgan fingerprint density at radius 1 is 1.10 bits per heavy atom. The van der Waals surface area contributed by atoms with Crippen molar-refractivity contribution >= 4 is 34.6 Å². The van der Waals surface area contributed by atoms with Gasteiger partial charge in [0, 0.05) is 38.1 Å². The minimum absolute atomic E-state index is 0.0828. The fourth-order valence-corrected chi connectivity index (χ4v) is 5.19. The molecule has 8 heteroatoms. The number of thiophene rings is 1. The van der Waals surface area contributed by atoms with Crippen LogP contribution in [0.5, 0.6) is 0 Å². The zero-order valence-corrected chi connectivity index (χ0v) is 19.1. The molecule has 0 aliphatic carbocycles. The van der Waals surface area contributed by atoms with Crippen LogP contribution in [0.2, 0.25) is 0 Å². The van der Waals surface area contributed by atoms with Gasteiger partial charge in [-0.25, -0.2) is 4.98 Å². The number of esters is 1. The average molecular weight is 456 g/mol. The third kappa shape index (κ3) is 6.00. The molecular formula is C23H25N3O3S2. The first-order valence-corrected chi connectivity index (χ1v) is 12.0. The van der Waals surface area contributed by atoms with Gasteiger partial charge in [0.05, 0.1) is 17.0 Å². The van der Waals surface area contributed by atoms with Crippen molar-refractivity contribution in [3.05, 3.63) is 64.0 Å². The summed E-state index contributed by atoms with van der Waals surface area (Å²) >= 11 is 3.13. The number of piperazine rings is 1. The number of aromatic nitrogens is 1. The molecule has 1 saturated heterocycles. The number of thiazole rings is 1. The van der Waals surface area contributed by atoms with Crippen LogP contribution >= 0.6 is 22.7 Å². The van der Waals surface area contributed by atoms with Gasteiger partial charge in [0.15, 0.2) is 6.61 Å². The molecule has 0 unspecified atom stereocenters. The number of aryl methyl sites for hydroxylation is 1. The fraction of sp³-hybridized carbons (Fsp3) is 0.348. The minimum Gasteiger partial charge on any atom is -0.455 e. The number of benzene rings is 1. The second-order valence-corrected chi connectivity index (χ2v) is 9.41. The molecule has 0 saturated carbocycles. The van der Waals surface area contributed by atoms with Crippen molar-refractivity contribution in [2.45, 2.75) is 19.9 Å². The molecule has 2 aromatic heterocycles. The zero-order valence-electron chi connectivity index (χ0n) is 17.5. The maximum atomic E-state index is 12.4. The summed E-state index contributed by atoms with van der Waals surface area (Å²) in [6, 6.07) is 12.5. The highest BCUT2D eigenvalue weighted by molar-refractivity contribution is 7.20. The SMILES string of the molecule is Cc1cccc(CN2CCN(C(=O)COC(=O)Cc3csc(-c4cccs4)n3)CC2)c1. The molecule has 162 valence electrons. The number of hydrogen-bond donors (Lipinski definition) is 0. The molecule has 31 heavy (non-hydrogen) atoms. The maximum Gasteiger partial charge on any atom is 0.312 e. The Morgan fingerprint density at radius 3 is 2.68 bits per heavy atom. The van der Waals surface area contributed by atoms with Gasteiger partial charge < -0.3 is 9.64 Å². The number of amides is 1. The van der Waals surface area contributed by atoms with Crippen LogP contribution in [0, 0.1) is 6.92 Å². The van der Waals surface area contributed by atoms with Crippen molar-refractivity contribution in [2.24, 2.45) is 0 Å². The lowest BCUT2D eigenvalue weighted by Gasteiger charge is -2.34. The van der Waals surface area contributed by atoms with Crippen molar-refractivity contribution in [3.8, 4) is 9.88 Å². The van der Waals surface area contributed by atoms with Crippen LogP contribution in [0.25, 0.3) is 9.88 Å². The molecule has 1 amide bonds. The van der Waals surface area contributed by atoms with Crippen molar-refractivity contribution in [3.63, 3.8) is 0 Å². The predicted octanol–water partition coefficient (Wildman–Crippen LogP) is 3.61. The van der Waals surface area contributed by atoms with Gasteiger partial charge in [-0.3, -0.25) is 14.5 Å². The highest BCUT2D eigenvalue weighted by atomic mass is 32.1. The van der Waals surface area contributed by atoms with Gasteiger partial charge in [0.1, 0.15) is 5.01 Å². The summed E-state index contributed by atoms with van der Waals surface area (Å²) in [4.78, 5) is 34.3. The van der Waals surface area contributed by atoms with E-state index in [1.807, 2.05) is 22.9 Å². The Hall–Kier alpha value is -2.55. The lowest BCUT2D eigenvalue weighted by atomic mass is 10.1. The predicted molar refractivity (Wildman–Crippen MR) is 123 cm³/mol. The molecule has 0 N–H and O–H groups in total. The van der Waals surface area contributed by atoms with E-state index in [1.165, 1.54) is 22.5 Å². The van der Waals surface area contributed by atoms with Crippen molar-refractivity contribution in [1.29, 1.82) is 0 Å². The van der Waals surface area contributed by atoms with E-state index in [0.29, 0.717) is 18.8 Å². The number of carbonyl (C=O) groups is 2. The van der Waals surface area contributed by atoms with E-state index in [1.54, 1.807) is 16.2 Å². The van der Waals surface area contributed by atoms with Gasteiger partial charge in [-0.1, -0.05) is 35.9 Å². The van der Waals surface area contributed by atoms with Gasteiger partial charge in [0.2, 0.25) is 0 Å². The van der Waals surface area contributed by atoms with Crippen molar-refractivity contribution in [1.82, 2.24) is 14.8 Å². The molecule has 1 aliphatic heterocycles. The van der Waals surface area contributed by atoms with Gasteiger partial charge in [0.25, 0.3) is 5.91 Å². The monoisotopic (exact) mass is 455 g/mol. The lowest BCUT2D eigenvalue weighted by Crippen LogP contribution is -2.49. The topological polar surface area (TPSA) is 62.7 Å². The summed E-state index contributed by atoms with van der Waals surface area (Å²) in [5, 5.41) is 4.77. The van der Waals surface area contributed by atoms with Gasteiger partial charge in [-0.2, -0.15) is 0 Å². The van der Waals surface area contributed by atoms with Crippen LogP contribution in [0.4, 0.5) is 0 Å². The zero-order chi connectivity index (χ0) is 21.6. The second kappa shape index (κ2) is 10.2. The highest BCUT2D eigenvalue weighted by Gasteiger charge is 2.22. The van der Waals surface area contributed by atoms with Gasteiger partial charge in [-0.05, 0) is 23.9 Å². The van der Waals surface area contributed by atoms with E-state index in [0.717, 1.165) is 29.5 Å². The Kier molecular flexibility index (Phi) is 7.11. The Morgan fingerprint density at radius 2 is 1.94 bits per heavy atom. The highest BCUT2D eigenvalue weighted by Crippen LogP contribution is 2.27. The van der Waals surface area contributed by atoms with Crippen molar-refractivity contribution < 1.29 is 14.3 Å². The number of rotatable bonds is 7. The summed E-state index contributed by atoms with van der Waals surface area (Å²) in [5.74, 6) is -0.560. The van der Waals surface area contributed by atoms with E-state index in [9.17, 15) is 9.59 Å². The maximum absolute atomic E-state index is 12.4. The first-order valence-electron chi connectivity index (χ1n) is 10.3. The summed E-state index contributed by atoms with van der Waals surface area (Å²) in [5.41, 5.74) is 3.22. The van der Waals surface area contributed by atoms with E-state index in [-0.39, 0.29) is 18.9 Å². The summed E-state index contributed by atoms with van der Waals surface area (Å²) in [7, 11) is 0. The molecule has 0 atom stereocenters. The van der Waals surface area contributed by atoms with Crippen LogP contribution in [-0.2, 0) is 27.3 Å². The van der Waals surface area contributed by atoms with Crippen LogP contribution in [0.3, 0.4) is 0 Å². The van der Waals surface area contributed by atoms with E-state index in [2.05, 4.69) is 41.1 Å². The summed E-state index contributed by atoms with van der Waals surface area (Å²) < 4.78 is 5.22. The Bertz CT molecular complexity index is 1020. The summed E-state index contributed by atoms with van der Waals surface area (Å²) in [6.07, 6.45) is 0.0828. The number of carbonyl (C=O) groups excluding carboxylic acids is 2. The van der Waals surface area contributed by atoms with Gasteiger partial charge in [-0.15, -0.1) is 22.7 Å². The van der Waals surface area contributed by atoms with Crippen molar-refractivity contribution in [2.75, 3.05) is 32.8 Å². The fourth-order valence-electron chi connectivity index (χ4n) is 3.56. The summed E-state index contributed by atoms with van der Waals surface area (Å²) in [6.45, 7) is 5.71. The van der Waals surface area contributed by atoms with Crippen LogP contribution in [-0.4, -0.2) is 59.4 Å². The number of hydrogen-bond acceptors (Lipinski definition) is 7. The molecule has 4 rings (SSSR count). The lowest BCUT2D eigenvalue weighted by molar-refractivity contribution is -0.152. The molecule has 0 radical (unpaired) electrons. The van der Waals surface area contributed by atoms with E-state index >= 15 is 0 Å². The molecular weight excluding hydrogens is 430 g/mol. The number of ether oxygens (including phenoxy) is 1. The van der Waals surface area contributed by atoms with E-state index in [4.69, 9.17) is 4.74 Å². The molecule has 1 aromatic carbocycles. The molecule has 1 fully saturated rings. The number of nitrogens with zero attached hydrogens (tertiary/aromatic N) is 3.